The average molecular weight is 403 g/mol. The molecule has 0 radical (unpaired) electrons. The van der Waals surface area contributed by atoms with Crippen molar-refractivity contribution in [1.29, 1.82) is 0 Å². The first kappa shape index (κ1) is 19.5. The molecule has 0 saturated carbocycles. The van der Waals surface area contributed by atoms with Crippen molar-refractivity contribution in [3.63, 3.8) is 0 Å². The summed E-state index contributed by atoms with van der Waals surface area (Å²) in [4.78, 5) is 27.3. The van der Waals surface area contributed by atoms with Crippen molar-refractivity contribution in [1.82, 2.24) is 4.90 Å². The Hall–Kier alpha value is -3.80. The predicted molar refractivity (Wildman–Crippen MR) is 111 cm³/mol. The number of hydrogen-bond donors (Lipinski definition) is 1. The van der Waals surface area contributed by atoms with Gasteiger partial charge in [-0.25, -0.2) is 0 Å². The Balaban J connectivity index is 1.85. The van der Waals surface area contributed by atoms with Crippen LogP contribution in [0.5, 0.6) is 5.75 Å². The number of carbonyl (C=O) groups excluding carboxylic acids is 2. The van der Waals surface area contributed by atoms with Crippen molar-refractivity contribution in [2.24, 2.45) is 0 Å². The van der Waals surface area contributed by atoms with E-state index in [1.807, 2.05) is 19.1 Å². The van der Waals surface area contributed by atoms with Gasteiger partial charge in [-0.05, 0) is 36.8 Å². The summed E-state index contributed by atoms with van der Waals surface area (Å²) in [5.74, 6) is -0.400. The minimum Gasteiger partial charge on any atom is -0.507 e. The normalized spacial score (nSPS) is 18.1. The van der Waals surface area contributed by atoms with Gasteiger partial charge in [0.2, 0.25) is 0 Å². The number of Topliss-reactive ketones (excluding diaryl/α,β-unsaturated/α-hetero) is 1. The van der Waals surface area contributed by atoms with E-state index in [1.165, 1.54) is 11.2 Å². The number of hydrogen-bond acceptors (Lipinski definition) is 5. The first-order valence-electron chi connectivity index (χ1n) is 9.51. The molecule has 4 rings (SSSR count). The van der Waals surface area contributed by atoms with Crippen molar-refractivity contribution in [3.05, 3.63) is 95.0 Å². The molecule has 0 aliphatic carbocycles. The Labute approximate surface area is 174 Å². The first-order valence-corrected chi connectivity index (χ1v) is 9.51. The summed E-state index contributed by atoms with van der Waals surface area (Å²) < 4.78 is 10.6. The molecule has 1 aliphatic heterocycles. The maximum atomic E-state index is 13.0. The number of ketones is 1. The third-order valence-electron chi connectivity index (χ3n) is 5.20. The van der Waals surface area contributed by atoms with Crippen LogP contribution in [0.1, 0.15) is 28.5 Å². The fraction of sp³-hybridized carbons (Fsp3) is 0.167. The zero-order valence-corrected chi connectivity index (χ0v) is 16.7. The van der Waals surface area contributed by atoms with Crippen molar-refractivity contribution in [3.8, 4) is 5.75 Å². The highest BCUT2D eigenvalue weighted by Gasteiger charge is 2.46. The first-order chi connectivity index (χ1) is 14.5. The molecule has 1 aromatic heterocycles. The van der Waals surface area contributed by atoms with Gasteiger partial charge in [-0.1, -0.05) is 42.0 Å². The van der Waals surface area contributed by atoms with Crippen LogP contribution >= 0.6 is 0 Å². The Morgan fingerprint density at radius 3 is 2.37 bits per heavy atom. The maximum Gasteiger partial charge on any atom is 0.296 e. The molecule has 2 heterocycles. The van der Waals surface area contributed by atoms with Gasteiger partial charge in [0.25, 0.3) is 11.7 Å². The van der Waals surface area contributed by atoms with Crippen molar-refractivity contribution >= 4 is 17.4 Å². The SMILES string of the molecule is COc1ccc([C@@H]2/C(=C(\O)c3ccc(C)cc3)C(=O)C(=O)N2Cc2ccco2)cc1. The number of benzene rings is 2. The zero-order valence-electron chi connectivity index (χ0n) is 16.7. The number of amides is 1. The second kappa shape index (κ2) is 7.91. The largest absolute Gasteiger partial charge is 0.507 e. The standard InChI is InChI=1S/C24H21NO5/c1-15-5-7-17(8-6-15)22(26)20-21(16-9-11-18(29-2)12-10-16)25(24(28)23(20)27)14-19-4-3-13-30-19/h3-13,21,26H,14H2,1-2H3/b22-20+/t21-/m1/s1. The molecule has 6 heteroatoms. The summed E-state index contributed by atoms with van der Waals surface area (Å²) in [6.45, 7) is 2.04. The minimum atomic E-state index is -0.748. The topological polar surface area (TPSA) is 80.0 Å². The van der Waals surface area contributed by atoms with Crippen LogP contribution in [0.25, 0.3) is 5.76 Å². The van der Waals surface area contributed by atoms with Gasteiger partial charge in [-0.3, -0.25) is 9.59 Å². The highest BCUT2D eigenvalue weighted by atomic mass is 16.5. The lowest BCUT2D eigenvalue weighted by atomic mass is 9.95. The van der Waals surface area contributed by atoms with Crippen LogP contribution < -0.4 is 4.74 Å². The molecule has 0 bridgehead atoms. The van der Waals surface area contributed by atoms with Crippen LogP contribution in [0.15, 0.2) is 76.9 Å². The van der Waals surface area contributed by atoms with Crippen LogP contribution in [0.3, 0.4) is 0 Å². The molecule has 2 aromatic carbocycles. The number of methoxy groups -OCH3 is 1. The fourth-order valence-electron chi connectivity index (χ4n) is 3.61. The molecule has 6 nitrogen and oxygen atoms in total. The van der Waals surface area contributed by atoms with Crippen molar-refractivity contribution in [2.75, 3.05) is 7.11 Å². The van der Waals surface area contributed by atoms with Gasteiger partial charge in [0.15, 0.2) is 0 Å². The van der Waals surface area contributed by atoms with Crippen LogP contribution in [0, 0.1) is 6.92 Å². The lowest BCUT2D eigenvalue weighted by Gasteiger charge is -2.24. The molecule has 1 atom stereocenters. The summed E-state index contributed by atoms with van der Waals surface area (Å²) in [7, 11) is 1.56. The van der Waals surface area contributed by atoms with E-state index >= 15 is 0 Å². The number of furan rings is 1. The average Bonchev–Trinajstić information content (AvgIpc) is 3.36. The Morgan fingerprint density at radius 2 is 1.77 bits per heavy atom. The molecule has 1 saturated heterocycles. The van der Waals surface area contributed by atoms with Gasteiger partial charge in [0.05, 0.1) is 31.5 Å². The number of aryl methyl sites for hydroxylation is 1. The molecule has 1 N–H and O–H groups in total. The Bertz CT molecular complexity index is 1100. The van der Waals surface area contributed by atoms with Crippen LogP contribution in [0.4, 0.5) is 0 Å². The molecular weight excluding hydrogens is 382 g/mol. The number of aliphatic hydroxyl groups excluding tert-OH is 1. The second-order valence-corrected chi connectivity index (χ2v) is 7.15. The molecule has 1 aliphatic rings. The number of ether oxygens (including phenoxy) is 1. The highest BCUT2D eigenvalue weighted by Crippen LogP contribution is 2.40. The molecule has 1 amide bonds. The van der Waals surface area contributed by atoms with Crippen molar-refractivity contribution in [2.45, 2.75) is 19.5 Å². The van der Waals surface area contributed by atoms with E-state index in [9.17, 15) is 14.7 Å². The van der Waals surface area contributed by atoms with E-state index in [2.05, 4.69) is 0 Å². The van der Waals surface area contributed by atoms with Crippen LogP contribution in [-0.2, 0) is 16.1 Å². The number of rotatable bonds is 5. The minimum absolute atomic E-state index is 0.0561. The molecular formula is C24H21NO5. The van der Waals surface area contributed by atoms with Crippen LogP contribution in [0.2, 0.25) is 0 Å². The molecule has 30 heavy (non-hydrogen) atoms. The third-order valence-corrected chi connectivity index (χ3v) is 5.20. The van der Waals surface area contributed by atoms with Crippen molar-refractivity contribution < 1.29 is 23.8 Å². The van der Waals surface area contributed by atoms with E-state index in [4.69, 9.17) is 9.15 Å². The summed E-state index contributed by atoms with van der Waals surface area (Å²) in [6, 6.07) is 17.0. The fourth-order valence-corrected chi connectivity index (χ4v) is 3.61. The lowest BCUT2D eigenvalue weighted by Crippen LogP contribution is -2.29. The lowest BCUT2D eigenvalue weighted by molar-refractivity contribution is -0.140. The number of carbonyl (C=O) groups is 2. The van der Waals surface area contributed by atoms with E-state index in [-0.39, 0.29) is 17.9 Å². The molecule has 1 fully saturated rings. The maximum absolute atomic E-state index is 13.0. The quantitative estimate of drug-likeness (QED) is 0.392. The third kappa shape index (κ3) is 3.48. The van der Waals surface area contributed by atoms with Gasteiger partial charge in [-0.15, -0.1) is 0 Å². The predicted octanol–water partition coefficient (Wildman–Crippen LogP) is 4.22. The number of aliphatic hydroxyl groups is 1. The highest BCUT2D eigenvalue weighted by molar-refractivity contribution is 6.46. The second-order valence-electron chi connectivity index (χ2n) is 7.15. The summed E-state index contributed by atoms with van der Waals surface area (Å²) in [6.07, 6.45) is 1.51. The summed E-state index contributed by atoms with van der Waals surface area (Å²) in [5, 5.41) is 11.0. The van der Waals surface area contributed by atoms with E-state index < -0.39 is 17.7 Å². The monoisotopic (exact) mass is 403 g/mol. The smallest absolute Gasteiger partial charge is 0.296 e. The Kier molecular flexibility index (Phi) is 5.14. The van der Waals surface area contributed by atoms with Gasteiger partial charge < -0.3 is 19.2 Å². The molecule has 0 unspecified atom stereocenters. The van der Waals surface area contributed by atoms with E-state index in [1.54, 1.807) is 55.6 Å². The summed E-state index contributed by atoms with van der Waals surface area (Å²) >= 11 is 0. The van der Waals surface area contributed by atoms with E-state index in [0.717, 1.165) is 5.56 Å². The van der Waals surface area contributed by atoms with Gasteiger partial charge in [0.1, 0.15) is 17.3 Å². The van der Waals surface area contributed by atoms with Gasteiger partial charge in [0, 0.05) is 5.56 Å². The van der Waals surface area contributed by atoms with Gasteiger partial charge >= 0.3 is 0 Å². The molecule has 152 valence electrons. The van der Waals surface area contributed by atoms with Crippen LogP contribution in [-0.4, -0.2) is 28.8 Å². The Morgan fingerprint density at radius 1 is 1.07 bits per heavy atom. The molecule has 3 aromatic rings. The molecule has 0 spiro atoms. The number of nitrogens with zero attached hydrogens (tertiary/aromatic N) is 1. The summed E-state index contributed by atoms with van der Waals surface area (Å²) in [5.41, 5.74) is 2.25. The van der Waals surface area contributed by atoms with E-state index in [0.29, 0.717) is 22.6 Å². The zero-order chi connectivity index (χ0) is 21.3. The van der Waals surface area contributed by atoms with Gasteiger partial charge in [-0.2, -0.15) is 0 Å². The number of likely N-dealkylation sites (tertiary alicyclic amines) is 1.